The van der Waals surface area contributed by atoms with E-state index in [9.17, 15) is 31.1 Å². The van der Waals surface area contributed by atoms with Crippen LogP contribution in [0.25, 0.3) is 0 Å². The van der Waals surface area contributed by atoms with Crippen LogP contribution in [0.1, 0.15) is 26.7 Å². The lowest BCUT2D eigenvalue weighted by Gasteiger charge is -2.31. The number of carbonyl (C=O) groups is 1. The van der Waals surface area contributed by atoms with Crippen LogP contribution < -0.4 is 5.32 Å². The number of alkyl halides is 7. The zero-order valence-corrected chi connectivity index (χ0v) is 12.5. The molecule has 0 saturated carbocycles. The van der Waals surface area contributed by atoms with Crippen molar-refractivity contribution in [3.8, 4) is 0 Å². The zero-order chi connectivity index (χ0) is 16.2. The predicted molar refractivity (Wildman–Crippen MR) is 65.4 cm³/mol. The van der Waals surface area contributed by atoms with Crippen molar-refractivity contribution in [2.24, 2.45) is 11.3 Å². The maximum atomic E-state index is 12.3. The molecule has 2 nitrogen and oxygen atoms in total. The van der Waals surface area contributed by atoms with Gasteiger partial charge in [0.2, 0.25) is 11.8 Å². The third-order valence-electron chi connectivity index (χ3n) is 3.34. The molecule has 1 N–H and O–H groups in total. The first-order valence-electron chi connectivity index (χ1n) is 5.90. The van der Waals surface area contributed by atoms with Gasteiger partial charge < -0.3 is 5.32 Å². The first kappa shape index (κ1) is 19.5. The van der Waals surface area contributed by atoms with E-state index in [2.05, 4.69) is 15.9 Å². The highest BCUT2D eigenvalue weighted by atomic mass is 79.9. The van der Waals surface area contributed by atoms with Crippen molar-refractivity contribution >= 4 is 21.8 Å². The number of halogens is 7. The molecule has 0 aliphatic heterocycles. The summed E-state index contributed by atoms with van der Waals surface area (Å²) in [6.07, 6.45) is -10.3. The van der Waals surface area contributed by atoms with Crippen LogP contribution in [0, 0.1) is 11.3 Å². The summed E-state index contributed by atoms with van der Waals surface area (Å²) in [5.41, 5.74) is -0.558. The topological polar surface area (TPSA) is 29.1 Å². The summed E-state index contributed by atoms with van der Waals surface area (Å²) >= 11 is 3.16. The van der Waals surface area contributed by atoms with E-state index in [1.807, 2.05) is 0 Å². The van der Waals surface area contributed by atoms with E-state index in [1.54, 1.807) is 19.2 Å². The number of hydrogen-bond acceptors (Lipinski definition) is 1. The smallest absolute Gasteiger partial charge is 0.355 e. The fraction of sp³-hybridized carbons (Fsp3) is 0.909. The van der Waals surface area contributed by atoms with E-state index in [1.165, 1.54) is 0 Å². The van der Waals surface area contributed by atoms with Crippen molar-refractivity contribution in [2.45, 2.75) is 39.0 Å². The van der Waals surface area contributed by atoms with Gasteiger partial charge in [-0.2, -0.15) is 26.3 Å². The van der Waals surface area contributed by atoms with Gasteiger partial charge in [0.1, 0.15) is 0 Å². The summed E-state index contributed by atoms with van der Waals surface area (Å²) < 4.78 is 74.1. The van der Waals surface area contributed by atoms with Crippen LogP contribution in [-0.2, 0) is 4.79 Å². The Morgan fingerprint density at radius 1 is 1.05 bits per heavy atom. The van der Waals surface area contributed by atoms with Gasteiger partial charge in [-0.15, -0.1) is 0 Å². The summed E-state index contributed by atoms with van der Waals surface area (Å²) in [4.78, 5) is 11.3. The molecule has 0 saturated heterocycles. The number of carbonyl (C=O) groups excluding carboxylic acids is 1. The molecule has 0 aliphatic carbocycles. The number of hydrogen-bond donors (Lipinski definition) is 1. The van der Waals surface area contributed by atoms with Gasteiger partial charge >= 0.3 is 12.4 Å². The molecule has 20 heavy (non-hydrogen) atoms. The Balaban J connectivity index is 4.97. The lowest BCUT2D eigenvalue weighted by Crippen LogP contribution is -2.50. The molecular weight excluding hydrogens is 356 g/mol. The Morgan fingerprint density at radius 2 is 1.45 bits per heavy atom. The summed E-state index contributed by atoms with van der Waals surface area (Å²) in [7, 11) is 0. The molecule has 9 heteroatoms. The Kier molecular flexibility index (Phi) is 6.83. The fourth-order valence-electron chi connectivity index (χ4n) is 1.60. The Labute approximate surface area is 121 Å². The average molecular weight is 372 g/mol. The van der Waals surface area contributed by atoms with Crippen molar-refractivity contribution < 1.29 is 31.1 Å². The van der Waals surface area contributed by atoms with E-state index < -0.39 is 29.6 Å². The highest BCUT2D eigenvalue weighted by Gasteiger charge is 2.61. The molecule has 0 fully saturated rings. The monoisotopic (exact) mass is 371 g/mol. The molecule has 0 aromatic carbocycles. The summed E-state index contributed by atoms with van der Waals surface area (Å²) in [6, 6.07) is 0. The highest BCUT2D eigenvalue weighted by molar-refractivity contribution is 9.09. The molecule has 0 aromatic heterocycles. The average Bonchev–Trinajstić information content (AvgIpc) is 2.27. The molecule has 120 valence electrons. The summed E-state index contributed by atoms with van der Waals surface area (Å²) in [6.45, 7) is 3.26. The van der Waals surface area contributed by atoms with Gasteiger partial charge in [0.15, 0.2) is 0 Å². The molecule has 0 atom stereocenters. The third kappa shape index (κ3) is 5.14. The largest absolute Gasteiger partial charge is 0.409 e. The standard InChI is InChI=1S/C11H16BrF6NO/c1-3-9(4-2,5-12)6-19-8(20)7(10(13,14)15)11(16,17)18/h7H,3-6H2,1-2H3,(H,19,20). The van der Waals surface area contributed by atoms with Gasteiger partial charge in [0, 0.05) is 11.9 Å². The molecule has 0 unspecified atom stereocenters. The molecular formula is C11H16BrF6NO. The maximum Gasteiger partial charge on any atom is 0.409 e. The van der Waals surface area contributed by atoms with E-state index in [0.29, 0.717) is 18.2 Å². The second kappa shape index (κ2) is 7.00. The van der Waals surface area contributed by atoms with E-state index in [0.717, 1.165) is 0 Å². The van der Waals surface area contributed by atoms with E-state index >= 15 is 0 Å². The normalized spacial score (nSPS) is 13.7. The first-order valence-corrected chi connectivity index (χ1v) is 7.02. The van der Waals surface area contributed by atoms with Crippen LogP contribution in [0.4, 0.5) is 26.3 Å². The van der Waals surface area contributed by atoms with Crippen LogP contribution in [0.5, 0.6) is 0 Å². The lowest BCUT2D eigenvalue weighted by molar-refractivity contribution is -0.274. The second-order valence-electron chi connectivity index (χ2n) is 4.57. The van der Waals surface area contributed by atoms with Gasteiger partial charge in [-0.1, -0.05) is 29.8 Å². The minimum absolute atomic E-state index is 0.243. The van der Waals surface area contributed by atoms with Crippen LogP contribution >= 0.6 is 15.9 Å². The minimum atomic E-state index is -5.65. The number of rotatable bonds is 6. The predicted octanol–water partition coefficient (Wildman–Crippen LogP) is 4.04. The van der Waals surface area contributed by atoms with Crippen LogP contribution in [0.3, 0.4) is 0 Å². The van der Waals surface area contributed by atoms with Crippen molar-refractivity contribution in [1.82, 2.24) is 5.32 Å². The molecule has 0 aromatic rings. The van der Waals surface area contributed by atoms with E-state index in [4.69, 9.17) is 0 Å². The zero-order valence-electron chi connectivity index (χ0n) is 11.0. The van der Waals surface area contributed by atoms with Crippen LogP contribution in [0.15, 0.2) is 0 Å². The maximum absolute atomic E-state index is 12.3. The van der Waals surface area contributed by atoms with Crippen molar-refractivity contribution in [3.63, 3.8) is 0 Å². The van der Waals surface area contributed by atoms with Crippen molar-refractivity contribution in [2.75, 3.05) is 11.9 Å². The fourth-order valence-corrected chi connectivity index (χ4v) is 2.59. The lowest BCUT2D eigenvalue weighted by atomic mass is 9.84. The molecule has 0 rings (SSSR count). The quantitative estimate of drug-likeness (QED) is 0.553. The number of nitrogens with one attached hydrogen (secondary N) is 1. The molecule has 0 radical (unpaired) electrons. The minimum Gasteiger partial charge on any atom is -0.355 e. The van der Waals surface area contributed by atoms with Gasteiger partial charge in [-0.25, -0.2) is 0 Å². The second-order valence-corrected chi connectivity index (χ2v) is 5.14. The first-order chi connectivity index (χ1) is 8.93. The Bertz CT molecular complexity index is 302. The molecule has 0 aliphatic rings. The molecule has 0 bridgehead atoms. The van der Waals surface area contributed by atoms with Crippen molar-refractivity contribution in [3.05, 3.63) is 0 Å². The molecule has 0 spiro atoms. The van der Waals surface area contributed by atoms with Gasteiger partial charge in [-0.05, 0) is 18.3 Å². The summed E-state index contributed by atoms with van der Waals surface area (Å²) in [5.74, 6) is -6.05. The number of amides is 1. The third-order valence-corrected chi connectivity index (χ3v) is 4.53. The van der Waals surface area contributed by atoms with Crippen LogP contribution in [-0.4, -0.2) is 30.1 Å². The summed E-state index contributed by atoms with van der Waals surface area (Å²) in [5, 5.41) is 2.15. The van der Waals surface area contributed by atoms with Gasteiger partial charge in [-0.3, -0.25) is 4.79 Å². The Morgan fingerprint density at radius 3 is 1.70 bits per heavy atom. The molecule has 0 heterocycles. The molecule has 1 amide bonds. The highest BCUT2D eigenvalue weighted by Crippen LogP contribution is 2.39. The SMILES string of the molecule is CCC(CC)(CBr)CNC(=O)C(C(F)(F)F)C(F)(F)F. The van der Waals surface area contributed by atoms with Gasteiger partial charge in [0.25, 0.3) is 0 Å². The van der Waals surface area contributed by atoms with Crippen molar-refractivity contribution in [1.29, 1.82) is 0 Å². The Hall–Kier alpha value is -0.470. The van der Waals surface area contributed by atoms with E-state index in [-0.39, 0.29) is 6.54 Å². The van der Waals surface area contributed by atoms with Gasteiger partial charge in [0.05, 0.1) is 0 Å². The van der Waals surface area contributed by atoms with Crippen LogP contribution in [0.2, 0.25) is 0 Å².